The van der Waals surface area contributed by atoms with Gasteiger partial charge in [-0.25, -0.2) is 4.98 Å². The van der Waals surface area contributed by atoms with Gasteiger partial charge in [0.2, 0.25) is 6.79 Å². The molecule has 2 aliphatic heterocycles. The summed E-state index contributed by atoms with van der Waals surface area (Å²) in [5, 5.41) is 8.70. The molecule has 3 heterocycles. The monoisotopic (exact) mass is 389 g/mol. The summed E-state index contributed by atoms with van der Waals surface area (Å²) < 4.78 is 10.7. The predicted octanol–water partition coefficient (Wildman–Crippen LogP) is 2.33. The molecule has 2 aliphatic rings. The Morgan fingerprint density at radius 1 is 1.29 bits per heavy atom. The van der Waals surface area contributed by atoms with E-state index in [0.717, 1.165) is 35.2 Å². The van der Waals surface area contributed by atoms with E-state index >= 15 is 0 Å². The van der Waals surface area contributed by atoms with E-state index in [1.807, 2.05) is 18.2 Å². The quantitative estimate of drug-likeness (QED) is 0.839. The molecule has 1 saturated heterocycles. The van der Waals surface area contributed by atoms with Crippen LogP contribution in [0.5, 0.6) is 11.5 Å². The second-order valence-electron chi connectivity index (χ2n) is 5.34. The number of nitrogens with one attached hydrogen (secondary N) is 2. The summed E-state index contributed by atoms with van der Waals surface area (Å²) in [6.45, 7) is 2.89. The van der Waals surface area contributed by atoms with Crippen LogP contribution in [0.4, 0.5) is 0 Å². The van der Waals surface area contributed by atoms with Gasteiger partial charge in [-0.1, -0.05) is 0 Å². The van der Waals surface area contributed by atoms with Gasteiger partial charge in [-0.15, -0.1) is 36.2 Å². The van der Waals surface area contributed by atoms with Crippen LogP contribution in [-0.4, -0.2) is 37.3 Å². The molecule has 1 amide bonds. The number of benzene rings is 1. The topological polar surface area (TPSA) is 72.5 Å². The lowest BCUT2D eigenvalue weighted by Gasteiger charge is -2.26. The molecule has 0 aliphatic carbocycles. The smallest absolute Gasteiger partial charge is 0.270 e. The second-order valence-corrected chi connectivity index (χ2v) is 6.20. The first-order chi connectivity index (χ1) is 10.8. The lowest BCUT2D eigenvalue weighted by atomic mass is 10.0. The molecule has 0 atom stereocenters. The first-order valence-electron chi connectivity index (χ1n) is 7.14. The number of hydrogen-bond acceptors (Lipinski definition) is 6. The Labute approximate surface area is 155 Å². The number of carbonyl (C=O) groups excluding carboxylic acids is 1. The molecule has 24 heavy (non-hydrogen) atoms. The molecule has 0 radical (unpaired) electrons. The molecule has 9 heteroatoms. The fourth-order valence-corrected chi connectivity index (χ4v) is 3.16. The number of rotatable bonds is 4. The van der Waals surface area contributed by atoms with Crippen molar-refractivity contribution in [3.8, 4) is 22.1 Å². The van der Waals surface area contributed by atoms with Gasteiger partial charge in [-0.2, -0.15) is 0 Å². The maximum Gasteiger partial charge on any atom is 0.270 e. The number of fused-ring (bicyclic) bond motifs is 1. The Balaban J connectivity index is 0.00000104. The number of amides is 1. The first kappa shape index (κ1) is 18.8. The third-order valence-electron chi connectivity index (χ3n) is 3.77. The molecule has 2 N–H and O–H groups in total. The van der Waals surface area contributed by atoms with E-state index in [1.165, 1.54) is 11.3 Å². The first-order valence-corrected chi connectivity index (χ1v) is 8.02. The summed E-state index contributed by atoms with van der Waals surface area (Å²) in [5.74, 6) is 1.88. The minimum absolute atomic E-state index is 0. The standard InChI is InChI=1S/C15H15N3O3S.2ClH/c19-14(17-6-9-4-16-5-9)11-7-22-15(18-11)10-1-2-12-13(3-10)21-8-20-12;;/h1-3,7,9,16H,4-6,8H2,(H,17,19);2*1H. The summed E-state index contributed by atoms with van der Waals surface area (Å²) >= 11 is 1.45. The molecule has 0 saturated carbocycles. The van der Waals surface area contributed by atoms with Gasteiger partial charge in [0.05, 0.1) is 0 Å². The Morgan fingerprint density at radius 2 is 2.08 bits per heavy atom. The van der Waals surface area contributed by atoms with Gasteiger partial charge in [0, 0.05) is 36.5 Å². The van der Waals surface area contributed by atoms with Crippen molar-refractivity contribution in [3.63, 3.8) is 0 Å². The van der Waals surface area contributed by atoms with Gasteiger partial charge >= 0.3 is 0 Å². The number of nitrogens with zero attached hydrogens (tertiary/aromatic N) is 1. The highest BCUT2D eigenvalue weighted by Gasteiger charge is 2.19. The van der Waals surface area contributed by atoms with Gasteiger partial charge in [-0.05, 0) is 18.2 Å². The van der Waals surface area contributed by atoms with Crippen LogP contribution in [0.1, 0.15) is 10.5 Å². The summed E-state index contributed by atoms with van der Waals surface area (Å²) in [4.78, 5) is 16.5. The molecule has 1 fully saturated rings. The van der Waals surface area contributed by atoms with E-state index < -0.39 is 0 Å². The van der Waals surface area contributed by atoms with Crippen LogP contribution in [-0.2, 0) is 0 Å². The third-order valence-corrected chi connectivity index (χ3v) is 4.67. The largest absolute Gasteiger partial charge is 0.454 e. The maximum absolute atomic E-state index is 12.1. The van der Waals surface area contributed by atoms with Gasteiger partial charge in [-0.3, -0.25) is 4.79 Å². The zero-order valence-electron chi connectivity index (χ0n) is 12.6. The fraction of sp³-hybridized carbons (Fsp3) is 0.333. The minimum atomic E-state index is -0.116. The van der Waals surface area contributed by atoms with E-state index in [-0.39, 0.29) is 37.5 Å². The van der Waals surface area contributed by atoms with Crippen LogP contribution < -0.4 is 20.1 Å². The van der Waals surface area contributed by atoms with E-state index in [2.05, 4.69) is 15.6 Å². The molecule has 0 bridgehead atoms. The van der Waals surface area contributed by atoms with Crippen molar-refractivity contribution >= 4 is 42.1 Å². The van der Waals surface area contributed by atoms with E-state index in [9.17, 15) is 4.79 Å². The van der Waals surface area contributed by atoms with E-state index in [0.29, 0.717) is 18.2 Å². The SMILES string of the molecule is Cl.Cl.O=C(NCC1CNC1)c1csc(-c2ccc3c(c2)OCO3)n1. The molecule has 0 spiro atoms. The van der Waals surface area contributed by atoms with Crippen LogP contribution in [0.15, 0.2) is 23.6 Å². The molecule has 6 nitrogen and oxygen atoms in total. The summed E-state index contributed by atoms with van der Waals surface area (Å²) in [6.07, 6.45) is 0. The Bertz CT molecular complexity index is 722. The molecule has 130 valence electrons. The zero-order valence-corrected chi connectivity index (χ0v) is 15.1. The highest BCUT2D eigenvalue weighted by Crippen LogP contribution is 2.36. The van der Waals surface area contributed by atoms with E-state index in [1.54, 1.807) is 5.38 Å². The summed E-state index contributed by atoms with van der Waals surface area (Å²) in [7, 11) is 0. The van der Waals surface area contributed by atoms with Gasteiger partial charge in [0.1, 0.15) is 10.7 Å². The highest BCUT2D eigenvalue weighted by molar-refractivity contribution is 7.13. The predicted molar refractivity (Wildman–Crippen MR) is 96.9 cm³/mol. The van der Waals surface area contributed by atoms with Crippen molar-refractivity contribution in [2.45, 2.75) is 0 Å². The lowest BCUT2D eigenvalue weighted by molar-refractivity contribution is 0.0938. The number of aromatic nitrogens is 1. The fourth-order valence-electron chi connectivity index (χ4n) is 2.36. The van der Waals surface area contributed by atoms with Crippen molar-refractivity contribution < 1.29 is 14.3 Å². The van der Waals surface area contributed by atoms with Gasteiger partial charge in [0.25, 0.3) is 5.91 Å². The third kappa shape index (κ3) is 3.75. The molecule has 1 aromatic heterocycles. The Morgan fingerprint density at radius 3 is 2.83 bits per heavy atom. The molecule has 0 unspecified atom stereocenters. The average molecular weight is 390 g/mol. The number of halogens is 2. The normalized spacial score (nSPS) is 15.0. The second kappa shape index (κ2) is 8.02. The van der Waals surface area contributed by atoms with Crippen LogP contribution in [0.2, 0.25) is 0 Å². The summed E-state index contributed by atoms with van der Waals surface area (Å²) in [6, 6.07) is 5.68. The zero-order chi connectivity index (χ0) is 14.9. The summed E-state index contributed by atoms with van der Waals surface area (Å²) in [5.41, 5.74) is 1.39. The van der Waals surface area contributed by atoms with Crippen LogP contribution >= 0.6 is 36.2 Å². The number of thiazole rings is 1. The van der Waals surface area contributed by atoms with E-state index in [4.69, 9.17) is 9.47 Å². The van der Waals surface area contributed by atoms with Crippen molar-refractivity contribution in [1.82, 2.24) is 15.6 Å². The van der Waals surface area contributed by atoms with Crippen molar-refractivity contribution in [2.24, 2.45) is 5.92 Å². The molecular formula is C15H17Cl2N3O3S. The van der Waals surface area contributed by atoms with Crippen molar-refractivity contribution in [2.75, 3.05) is 26.4 Å². The Kier molecular flexibility index (Phi) is 6.28. The van der Waals surface area contributed by atoms with Gasteiger partial charge in [0.15, 0.2) is 11.5 Å². The van der Waals surface area contributed by atoms with Crippen LogP contribution in [0, 0.1) is 5.92 Å². The maximum atomic E-state index is 12.1. The molecule has 1 aromatic carbocycles. The average Bonchev–Trinajstić information content (AvgIpc) is 3.13. The highest BCUT2D eigenvalue weighted by atomic mass is 35.5. The number of carbonyl (C=O) groups is 1. The lowest BCUT2D eigenvalue weighted by Crippen LogP contribution is -2.48. The number of ether oxygens (including phenoxy) is 2. The van der Waals surface area contributed by atoms with Gasteiger partial charge < -0.3 is 20.1 Å². The Hall–Kier alpha value is -1.54. The minimum Gasteiger partial charge on any atom is -0.454 e. The van der Waals surface area contributed by atoms with Crippen LogP contribution in [0.25, 0.3) is 10.6 Å². The molecule has 2 aromatic rings. The molecule has 4 rings (SSSR count). The number of hydrogen-bond donors (Lipinski definition) is 2. The van der Waals surface area contributed by atoms with Crippen molar-refractivity contribution in [1.29, 1.82) is 0 Å². The van der Waals surface area contributed by atoms with Crippen molar-refractivity contribution in [3.05, 3.63) is 29.3 Å². The van der Waals surface area contributed by atoms with Crippen LogP contribution in [0.3, 0.4) is 0 Å². The molecular weight excluding hydrogens is 373 g/mol.